The Kier molecular flexibility index (Phi) is 3.60. The molecule has 50 valence electrons. The number of allylic oxidation sites excluding steroid dienone is 5. The van der Waals surface area contributed by atoms with Gasteiger partial charge < -0.3 is 0 Å². The summed E-state index contributed by atoms with van der Waals surface area (Å²) in [5, 5.41) is 0. The summed E-state index contributed by atoms with van der Waals surface area (Å²) in [6.07, 6.45) is 3.14. The summed E-state index contributed by atoms with van der Waals surface area (Å²) in [7, 11) is 0. The molecule has 0 unspecified atom stereocenters. The first-order valence-electron chi connectivity index (χ1n) is 2.49. The number of hydrogen-bond acceptors (Lipinski definition) is 0. The Hall–Kier alpha value is -0.920. The summed E-state index contributed by atoms with van der Waals surface area (Å²) in [4.78, 5) is 0. The molecular weight excluding hydrogens is 122 g/mol. The van der Waals surface area contributed by atoms with Crippen LogP contribution in [0.25, 0.3) is 0 Å². The highest BCUT2D eigenvalue weighted by molar-refractivity contribution is 5.17. The average molecular weight is 130 g/mol. The van der Waals surface area contributed by atoms with Crippen LogP contribution in [0.1, 0.15) is 6.92 Å². The average Bonchev–Trinajstić information content (AvgIpc) is 1.63. The van der Waals surface area contributed by atoms with Crippen LogP contribution >= 0.6 is 0 Å². The summed E-state index contributed by atoms with van der Waals surface area (Å²) in [5.74, 6) is -1.17. The van der Waals surface area contributed by atoms with Crippen LogP contribution in [0.4, 0.5) is 8.78 Å². The highest BCUT2D eigenvalue weighted by Gasteiger charge is 1.86. The quantitative estimate of drug-likeness (QED) is 0.504. The lowest BCUT2D eigenvalue weighted by Gasteiger charge is -1.82. The van der Waals surface area contributed by atoms with E-state index >= 15 is 0 Å². The molecule has 0 aromatic rings. The molecule has 0 aromatic heterocycles. The van der Waals surface area contributed by atoms with Crippen molar-refractivity contribution >= 4 is 0 Å². The molecule has 0 aliphatic rings. The molecule has 0 radical (unpaired) electrons. The molecule has 0 saturated carbocycles. The lowest BCUT2D eigenvalue weighted by Crippen LogP contribution is -1.64. The third kappa shape index (κ3) is 4.94. The third-order valence-electron chi connectivity index (χ3n) is 0.614. The Balaban J connectivity index is 4.05. The van der Waals surface area contributed by atoms with E-state index in [1.54, 1.807) is 0 Å². The van der Waals surface area contributed by atoms with E-state index in [-0.39, 0.29) is 0 Å². The van der Waals surface area contributed by atoms with Gasteiger partial charge in [-0.05, 0) is 13.0 Å². The Labute approximate surface area is 53.2 Å². The summed E-state index contributed by atoms with van der Waals surface area (Å²) >= 11 is 0. The standard InChI is InChI=1S/C7H8F2/c1-3-4-7(9)5-6(2)8/h3-5H,1H2,2H3/b6-5+,7-4+. The van der Waals surface area contributed by atoms with Crippen molar-refractivity contribution in [3.05, 3.63) is 36.5 Å². The van der Waals surface area contributed by atoms with Crippen molar-refractivity contribution < 1.29 is 8.78 Å². The van der Waals surface area contributed by atoms with Crippen molar-refractivity contribution in [2.45, 2.75) is 6.92 Å². The maximum Gasteiger partial charge on any atom is 0.125 e. The number of hydrogen-bond donors (Lipinski definition) is 0. The molecule has 0 rings (SSSR count). The molecule has 0 aliphatic carbocycles. The summed E-state index contributed by atoms with van der Waals surface area (Å²) in [5.41, 5.74) is 0. The van der Waals surface area contributed by atoms with Gasteiger partial charge in [0.15, 0.2) is 0 Å². The van der Waals surface area contributed by atoms with E-state index < -0.39 is 11.7 Å². The molecule has 0 saturated heterocycles. The fourth-order valence-corrected chi connectivity index (χ4v) is 0.351. The summed E-state index contributed by atoms with van der Waals surface area (Å²) in [6.45, 7) is 4.42. The minimum absolute atomic E-state index is 0.550. The molecule has 9 heavy (non-hydrogen) atoms. The van der Waals surface area contributed by atoms with Gasteiger partial charge in [-0.2, -0.15) is 0 Å². The monoisotopic (exact) mass is 130 g/mol. The zero-order valence-corrected chi connectivity index (χ0v) is 5.20. The molecule has 0 amide bonds. The maximum absolute atomic E-state index is 12.1. The minimum atomic E-state index is -0.620. The third-order valence-corrected chi connectivity index (χ3v) is 0.614. The molecule has 0 bridgehead atoms. The van der Waals surface area contributed by atoms with Crippen molar-refractivity contribution in [3.8, 4) is 0 Å². The van der Waals surface area contributed by atoms with Crippen LogP contribution < -0.4 is 0 Å². The lowest BCUT2D eigenvalue weighted by molar-refractivity contribution is 0.614. The normalized spacial score (nSPS) is 13.7. The second kappa shape index (κ2) is 4.01. The molecule has 0 aliphatic heterocycles. The van der Waals surface area contributed by atoms with Gasteiger partial charge in [0.05, 0.1) is 5.83 Å². The van der Waals surface area contributed by atoms with Crippen LogP contribution in [0.15, 0.2) is 36.5 Å². The van der Waals surface area contributed by atoms with Crippen molar-refractivity contribution in [1.29, 1.82) is 0 Å². The van der Waals surface area contributed by atoms with Gasteiger partial charge in [-0.1, -0.05) is 12.7 Å². The molecule has 0 atom stereocenters. The zero-order valence-electron chi connectivity index (χ0n) is 5.20. The van der Waals surface area contributed by atoms with Crippen LogP contribution in [0, 0.1) is 0 Å². The van der Waals surface area contributed by atoms with Crippen LogP contribution in [-0.2, 0) is 0 Å². The molecule has 0 fully saturated rings. The van der Waals surface area contributed by atoms with Crippen LogP contribution in [0.5, 0.6) is 0 Å². The predicted molar refractivity (Wildman–Crippen MR) is 34.3 cm³/mol. The Morgan fingerprint density at radius 3 is 2.33 bits per heavy atom. The first-order valence-corrected chi connectivity index (χ1v) is 2.49. The SMILES string of the molecule is C=C/C=C(F)\C=C(/C)F. The van der Waals surface area contributed by atoms with Crippen molar-refractivity contribution in [2.24, 2.45) is 0 Å². The van der Waals surface area contributed by atoms with E-state index in [1.807, 2.05) is 0 Å². The molecule has 0 spiro atoms. The van der Waals surface area contributed by atoms with E-state index in [2.05, 4.69) is 6.58 Å². The van der Waals surface area contributed by atoms with Crippen LogP contribution in [0.3, 0.4) is 0 Å². The Bertz CT molecular complexity index is 150. The molecule has 0 heterocycles. The van der Waals surface area contributed by atoms with Crippen molar-refractivity contribution in [1.82, 2.24) is 0 Å². The highest BCUT2D eigenvalue weighted by atomic mass is 19.1. The van der Waals surface area contributed by atoms with Gasteiger partial charge in [0, 0.05) is 6.08 Å². The van der Waals surface area contributed by atoms with Gasteiger partial charge in [-0.3, -0.25) is 0 Å². The molecule has 0 nitrogen and oxygen atoms in total. The first-order chi connectivity index (χ1) is 4.16. The molecule has 0 aromatic carbocycles. The van der Waals surface area contributed by atoms with E-state index in [0.717, 1.165) is 12.2 Å². The van der Waals surface area contributed by atoms with Gasteiger partial charge in [0.2, 0.25) is 0 Å². The smallest absolute Gasteiger partial charge is 0.125 e. The van der Waals surface area contributed by atoms with Crippen LogP contribution in [0.2, 0.25) is 0 Å². The Morgan fingerprint density at radius 2 is 2.00 bits per heavy atom. The number of rotatable bonds is 2. The van der Waals surface area contributed by atoms with E-state index in [4.69, 9.17) is 0 Å². The van der Waals surface area contributed by atoms with Gasteiger partial charge in [0.1, 0.15) is 5.83 Å². The summed E-state index contributed by atoms with van der Waals surface area (Å²) < 4.78 is 23.9. The first kappa shape index (κ1) is 8.08. The van der Waals surface area contributed by atoms with Gasteiger partial charge >= 0.3 is 0 Å². The van der Waals surface area contributed by atoms with Gasteiger partial charge in [-0.25, -0.2) is 8.78 Å². The molecule has 2 heteroatoms. The van der Waals surface area contributed by atoms with Gasteiger partial charge in [-0.15, -0.1) is 0 Å². The predicted octanol–water partition coefficient (Wildman–Crippen LogP) is 2.90. The van der Waals surface area contributed by atoms with Crippen LogP contribution in [-0.4, -0.2) is 0 Å². The van der Waals surface area contributed by atoms with Crippen molar-refractivity contribution in [3.63, 3.8) is 0 Å². The van der Waals surface area contributed by atoms with Gasteiger partial charge in [0.25, 0.3) is 0 Å². The molecular formula is C7H8F2. The lowest BCUT2D eigenvalue weighted by atomic mass is 10.4. The zero-order chi connectivity index (χ0) is 7.28. The van der Waals surface area contributed by atoms with Crippen molar-refractivity contribution in [2.75, 3.05) is 0 Å². The Morgan fingerprint density at radius 1 is 1.44 bits per heavy atom. The second-order valence-corrected chi connectivity index (χ2v) is 1.52. The highest BCUT2D eigenvalue weighted by Crippen LogP contribution is 2.03. The maximum atomic E-state index is 12.1. The molecule has 0 N–H and O–H groups in total. The largest absolute Gasteiger partial charge is 0.212 e. The van der Waals surface area contributed by atoms with E-state index in [1.165, 1.54) is 13.0 Å². The second-order valence-electron chi connectivity index (χ2n) is 1.52. The van der Waals surface area contributed by atoms with E-state index in [0.29, 0.717) is 0 Å². The number of halogens is 2. The fourth-order valence-electron chi connectivity index (χ4n) is 0.351. The van der Waals surface area contributed by atoms with E-state index in [9.17, 15) is 8.78 Å². The topological polar surface area (TPSA) is 0 Å². The minimum Gasteiger partial charge on any atom is -0.212 e. The summed E-state index contributed by atoms with van der Waals surface area (Å²) in [6, 6.07) is 0. The fraction of sp³-hybridized carbons (Fsp3) is 0.143.